The second kappa shape index (κ2) is 9.29. The Bertz CT molecular complexity index is 1380. The van der Waals surface area contributed by atoms with Gasteiger partial charge in [0.15, 0.2) is 5.76 Å². The fourth-order valence-corrected chi connectivity index (χ4v) is 4.52. The summed E-state index contributed by atoms with van der Waals surface area (Å²) in [6, 6.07) is 4.77. The average Bonchev–Trinajstić information content (AvgIpc) is 3.52. The van der Waals surface area contributed by atoms with E-state index in [2.05, 4.69) is 10.3 Å². The maximum absolute atomic E-state index is 13.6. The quantitative estimate of drug-likeness (QED) is 0.311. The second-order valence-electron chi connectivity index (χ2n) is 9.56. The predicted molar refractivity (Wildman–Crippen MR) is 134 cm³/mol. The molecule has 9 heteroatoms. The van der Waals surface area contributed by atoms with Gasteiger partial charge in [0, 0.05) is 36.5 Å². The van der Waals surface area contributed by atoms with Gasteiger partial charge in [-0.1, -0.05) is 0 Å². The van der Waals surface area contributed by atoms with Gasteiger partial charge in [-0.3, -0.25) is 9.59 Å². The molecule has 3 aromatic rings. The van der Waals surface area contributed by atoms with Crippen LogP contribution in [0.3, 0.4) is 0 Å². The lowest BCUT2D eigenvalue weighted by atomic mass is 10.0. The Morgan fingerprint density at radius 1 is 1.33 bits per heavy atom. The number of aryl methyl sites for hydroxylation is 1. The first-order chi connectivity index (χ1) is 17.3. The van der Waals surface area contributed by atoms with E-state index in [0.717, 1.165) is 19.1 Å². The van der Waals surface area contributed by atoms with Crippen LogP contribution in [-0.2, 0) is 0 Å². The fourth-order valence-electron chi connectivity index (χ4n) is 4.52. The van der Waals surface area contributed by atoms with E-state index in [-0.39, 0.29) is 18.4 Å². The number of amides is 2. The van der Waals surface area contributed by atoms with Gasteiger partial charge in [-0.05, 0) is 57.2 Å². The third-order valence-corrected chi connectivity index (χ3v) is 7.04. The number of benzene rings is 1. The smallest absolute Gasteiger partial charge is 0.256 e. The molecular weight excluding hydrogens is 463 g/mol. The van der Waals surface area contributed by atoms with Crippen LogP contribution in [0.25, 0.3) is 16.7 Å². The molecule has 1 saturated heterocycles. The normalized spacial score (nSPS) is 19.8. The van der Waals surface area contributed by atoms with E-state index in [0.29, 0.717) is 63.1 Å². The minimum atomic E-state index is -1.01. The SMILES string of the molecule is Cc1oc2cc(O/C(=C/C=N)c3[nH]cc(C(=O)N4C[C@H](F)[C@H]4C)c3C)ccc2c1C(=O)NCC1CC1. The van der Waals surface area contributed by atoms with Crippen LogP contribution in [0.15, 0.2) is 34.9 Å². The molecule has 36 heavy (non-hydrogen) atoms. The molecule has 3 N–H and O–H groups in total. The van der Waals surface area contributed by atoms with E-state index in [9.17, 15) is 14.0 Å². The van der Waals surface area contributed by atoms with Crippen LogP contribution in [0, 0.1) is 25.2 Å². The Balaban J connectivity index is 1.38. The fraction of sp³-hybridized carbons (Fsp3) is 0.370. The zero-order valence-electron chi connectivity index (χ0n) is 20.5. The van der Waals surface area contributed by atoms with Gasteiger partial charge in [0.1, 0.15) is 23.3 Å². The lowest BCUT2D eigenvalue weighted by Gasteiger charge is -2.41. The number of ether oxygens (including phenoxy) is 1. The molecule has 1 saturated carbocycles. The Morgan fingerprint density at radius 2 is 2.11 bits per heavy atom. The van der Waals surface area contributed by atoms with E-state index in [4.69, 9.17) is 14.6 Å². The van der Waals surface area contributed by atoms with Crippen molar-refractivity contribution >= 4 is 34.8 Å². The Hall–Kier alpha value is -3.88. The summed E-state index contributed by atoms with van der Waals surface area (Å²) < 4.78 is 25.5. The summed E-state index contributed by atoms with van der Waals surface area (Å²) >= 11 is 0. The summed E-state index contributed by atoms with van der Waals surface area (Å²) in [7, 11) is 0. The maximum atomic E-state index is 13.6. The lowest BCUT2D eigenvalue weighted by molar-refractivity contribution is 0.00638. The van der Waals surface area contributed by atoms with Crippen molar-refractivity contribution < 1.29 is 23.1 Å². The number of likely N-dealkylation sites (tertiary alicyclic amines) is 1. The van der Waals surface area contributed by atoms with Crippen LogP contribution < -0.4 is 10.1 Å². The monoisotopic (exact) mass is 492 g/mol. The van der Waals surface area contributed by atoms with Crippen LogP contribution in [0.2, 0.25) is 0 Å². The molecule has 0 spiro atoms. The van der Waals surface area contributed by atoms with Crippen LogP contribution in [0.5, 0.6) is 5.75 Å². The molecular formula is C27H29FN4O4. The number of halogens is 1. The topological polar surface area (TPSA) is 111 Å². The second-order valence-corrected chi connectivity index (χ2v) is 9.56. The van der Waals surface area contributed by atoms with Gasteiger partial charge in [0.2, 0.25) is 0 Å². The average molecular weight is 493 g/mol. The first-order valence-electron chi connectivity index (χ1n) is 12.1. The van der Waals surface area contributed by atoms with Crippen LogP contribution in [-0.4, -0.2) is 53.2 Å². The first kappa shape index (κ1) is 23.8. The highest BCUT2D eigenvalue weighted by Crippen LogP contribution is 2.33. The number of nitrogens with zero attached hydrogens (tertiary/aromatic N) is 1. The third-order valence-electron chi connectivity index (χ3n) is 7.04. The molecule has 2 atom stereocenters. The summed E-state index contributed by atoms with van der Waals surface area (Å²) in [5, 5.41) is 11.3. The summed E-state index contributed by atoms with van der Waals surface area (Å²) in [6.07, 6.45) is 5.46. The highest BCUT2D eigenvalue weighted by molar-refractivity contribution is 6.07. The molecule has 2 aromatic heterocycles. The molecule has 188 valence electrons. The zero-order chi connectivity index (χ0) is 25.6. The number of carbonyl (C=O) groups is 2. The number of hydrogen-bond donors (Lipinski definition) is 3. The minimum absolute atomic E-state index is 0.0861. The maximum Gasteiger partial charge on any atom is 0.256 e. The summed E-state index contributed by atoms with van der Waals surface area (Å²) in [5.41, 5.74) is 2.66. The highest BCUT2D eigenvalue weighted by Gasteiger charge is 2.40. The summed E-state index contributed by atoms with van der Waals surface area (Å²) in [5.74, 6) is 1.51. The number of nitrogens with one attached hydrogen (secondary N) is 3. The van der Waals surface area contributed by atoms with Gasteiger partial charge < -0.3 is 29.8 Å². The van der Waals surface area contributed by atoms with E-state index in [1.807, 2.05) is 0 Å². The predicted octanol–water partition coefficient (Wildman–Crippen LogP) is 4.77. The Morgan fingerprint density at radius 3 is 2.78 bits per heavy atom. The van der Waals surface area contributed by atoms with Gasteiger partial charge in [-0.25, -0.2) is 4.39 Å². The molecule has 1 aliphatic heterocycles. The Kier molecular flexibility index (Phi) is 6.15. The molecule has 0 bridgehead atoms. The van der Waals surface area contributed by atoms with Gasteiger partial charge in [-0.15, -0.1) is 0 Å². The molecule has 2 amide bonds. The third kappa shape index (κ3) is 4.29. The number of rotatable bonds is 8. The molecule has 3 heterocycles. The molecule has 0 radical (unpaired) electrons. The molecule has 1 aromatic carbocycles. The van der Waals surface area contributed by atoms with Gasteiger partial charge >= 0.3 is 0 Å². The molecule has 2 fully saturated rings. The van der Waals surface area contributed by atoms with E-state index in [1.165, 1.54) is 11.0 Å². The van der Waals surface area contributed by atoms with Crippen LogP contribution in [0.4, 0.5) is 4.39 Å². The standard InChI is InChI=1S/C27H29FN4O4/c1-14-20(27(34)32-13-21(28)15(32)2)12-30-25(14)22(8-9-29)36-18-6-7-19-23(10-18)35-16(3)24(19)26(33)31-11-17-4-5-17/h6-10,12,15,17,21,29-30H,4-5,11,13H2,1-3H3,(H,31,33)/b22-8+,29-9?/t15-,21+/m1/s1. The van der Waals surface area contributed by atoms with Crippen molar-refractivity contribution in [3.8, 4) is 5.75 Å². The number of allylic oxidation sites excluding steroid dienone is 1. The van der Waals surface area contributed by atoms with Crippen molar-refractivity contribution in [2.75, 3.05) is 13.1 Å². The van der Waals surface area contributed by atoms with Crippen molar-refractivity contribution in [1.29, 1.82) is 5.41 Å². The summed E-state index contributed by atoms with van der Waals surface area (Å²) in [6.45, 7) is 5.99. The number of hydrogen-bond acceptors (Lipinski definition) is 5. The van der Waals surface area contributed by atoms with Crippen molar-refractivity contribution in [3.05, 3.63) is 58.6 Å². The largest absolute Gasteiger partial charge is 0.460 e. The number of alkyl halides is 1. The van der Waals surface area contributed by atoms with Crippen molar-refractivity contribution in [1.82, 2.24) is 15.2 Å². The number of fused-ring (bicyclic) bond motifs is 1. The van der Waals surface area contributed by atoms with Crippen molar-refractivity contribution in [2.45, 2.75) is 45.8 Å². The molecule has 5 rings (SSSR count). The number of H-pyrrole nitrogens is 1. The van der Waals surface area contributed by atoms with Gasteiger partial charge in [0.05, 0.1) is 29.4 Å². The van der Waals surface area contributed by atoms with Crippen molar-refractivity contribution in [2.24, 2.45) is 5.92 Å². The van der Waals surface area contributed by atoms with Gasteiger partial charge in [0.25, 0.3) is 11.8 Å². The van der Waals surface area contributed by atoms with E-state index >= 15 is 0 Å². The van der Waals surface area contributed by atoms with E-state index in [1.54, 1.807) is 45.2 Å². The molecule has 1 aliphatic carbocycles. The highest BCUT2D eigenvalue weighted by atomic mass is 19.1. The summed E-state index contributed by atoms with van der Waals surface area (Å²) in [4.78, 5) is 30.2. The Labute approximate surface area is 208 Å². The zero-order valence-corrected chi connectivity index (χ0v) is 20.5. The number of aromatic amines is 1. The van der Waals surface area contributed by atoms with Gasteiger partial charge in [-0.2, -0.15) is 0 Å². The number of furan rings is 1. The number of carbonyl (C=O) groups excluding carboxylic acids is 2. The number of aromatic nitrogens is 1. The molecule has 8 nitrogen and oxygen atoms in total. The van der Waals surface area contributed by atoms with Crippen molar-refractivity contribution in [3.63, 3.8) is 0 Å². The van der Waals surface area contributed by atoms with E-state index < -0.39 is 12.2 Å². The molecule has 0 unspecified atom stereocenters. The van der Waals surface area contributed by atoms with Crippen LogP contribution in [0.1, 0.15) is 57.5 Å². The minimum Gasteiger partial charge on any atom is -0.460 e. The molecule has 2 aliphatic rings. The first-order valence-corrected chi connectivity index (χ1v) is 12.1. The van der Waals surface area contributed by atoms with Crippen LogP contribution >= 0.6 is 0 Å². The lowest BCUT2D eigenvalue weighted by Crippen LogP contribution is -2.58.